The van der Waals surface area contributed by atoms with Crippen molar-refractivity contribution >= 4 is 5.82 Å². The maximum atomic E-state index is 11.8. The Bertz CT molecular complexity index is 662. The van der Waals surface area contributed by atoms with Gasteiger partial charge < -0.3 is 4.90 Å². The molecule has 0 saturated carbocycles. The highest BCUT2D eigenvalue weighted by Crippen LogP contribution is 2.27. The van der Waals surface area contributed by atoms with E-state index in [1.807, 2.05) is 14.0 Å². The molecule has 0 spiro atoms. The number of hydrogen-bond donors (Lipinski definition) is 1. The fourth-order valence-electron chi connectivity index (χ4n) is 2.29. The molecular formula is C13H14N4O. The first-order valence-corrected chi connectivity index (χ1v) is 5.92. The molecule has 0 atom stereocenters. The van der Waals surface area contributed by atoms with Gasteiger partial charge in [-0.15, -0.1) is 0 Å². The van der Waals surface area contributed by atoms with Crippen LogP contribution in [-0.2, 0) is 6.42 Å². The second-order valence-corrected chi connectivity index (χ2v) is 4.63. The maximum absolute atomic E-state index is 11.8. The molecule has 0 amide bonds. The average Bonchev–Trinajstić information content (AvgIpc) is 2.74. The minimum atomic E-state index is -0.172. The molecule has 2 aromatic heterocycles. The van der Waals surface area contributed by atoms with Gasteiger partial charge in [-0.2, -0.15) is 5.10 Å². The molecule has 5 heteroatoms. The zero-order valence-corrected chi connectivity index (χ0v) is 10.4. The normalized spacial score (nSPS) is 13.8. The fraction of sp³-hybridized carbons (Fsp3) is 0.308. The molecule has 5 nitrogen and oxygen atoms in total. The van der Waals surface area contributed by atoms with E-state index in [1.165, 1.54) is 5.56 Å². The molecule has 0 fully saturated rings. The van der Waals surface area contributed by atoms with Gasteiger partial charge in [-0.05, 0) is 31.0 Å². The van der Waals surface area contributed by atoms with Gasteiger partial charge in [0, 0.05) is 25.4 Å². The molecule has 0 unspecified atom stereocenters. The van der Waals surface area contributed by atoms with Crippen molar-refractivity contribution in [2.45, 2.75) is 13.3 Å². The summed E-state index contributed by atoms with van der Waals surface area (Å²) in [6.07, 6.45) is 2.74. The van der Waals surface area contributed by atoms with Crippen molar-refractivity contribution in [2.24, 2.45) is 0 Å². The van der Waals surface area contributed by atoms with Crippen LogP contribution in [0, 0.1) is 6.92 Å². The van der Waals surface area contributed by atoms with Crippen LogP contribution in [0.3, 0.4) is 0 Å². The molecule has 1 aliphatic rings. The van der Waals surface area contributed by atoms with Crippen molar-refractivity contribution < 1.29 is 0 Å². The predicted octanol–water partition coefficient (Wildman–Crippen LogP) is 1.13. The van der Waals surface area contributed by atoms with Gasteiger partial charge >= 0.3 is 0 Å². The third-order valence-electron chi connectivity index (χ3n) is 3.26. The van der Waals surface area contributed by atoms with Crippen molar-refractivity contribution in [3.8, 4) is 11.1 Å². The number of anilines is 1. The van der Waals surface area contributed by atoms with E-state index in [1.54, 1.807) is 12.3 Å². The first-order chi connectivity index (χ1) is 8.65. The zero-order valence-electron chi connectivity index (χ0n) is 10.4. The average molecular weight is 242 g/mol. The summed E-state index contributed by atoms with van der Waals surface area (Å²) in [7, 11) is 2.03. The van der Waals surface area contributed by atoms with Gasteiger partial charge in [-0.3, -0.25) is 4.79 Å². The van der Waals surface area contributed by atoms with Crippen molar-refractivity contribution in [2.75, 3.05) is 18.5 Å². The van der Waals surface area contributed by atoms with Crippen molar-refractivity contribution in [1.82, 2.24) is 15.2 Å². The van der Waals surface area contributed by atoms with E-state index in [0.717, 1.165) is 30.0 Å². The van der Waals surface area contributed by atoms with Crippen LogP contribution in [0.1, 0.15) is 11.3 Å². The van der Waals surface area contributed by atoms with Crippen LogP contribution in [0.4, 0.5) is 5.82 Å². The van der Waals surface area contributed by atoms with E-state index < -0.39 is 0 Å². The Morgan fingerprint density at radius 2 is 2.22 bits per heavy atom. The van der Waals surface area contributed by atoms with Crippen LogP contribution in [0.2, 0.25) is 0 Å². The Morgan fingerprint density at radius 3 is 3.06 bits per heavy atom. The lowest BCUT2D eigenvalue weighted by Crippen LogP contribution is -2.14. The molecule has 1 aliphatic heterocycles. The van der Waals surface area contributed by atoms with Gasteiger partial charge in [0.1, 0.15) is 5.82 Å². The minimum absolute atomic E-state index is 0.172. The third kappa shape index (κ3) is 1.68. The van der Waals surface area contributed by atoms with Gasteiger partial charge in [0.05, 0.1) is 11.3 Å². The highest BCUT2D eigenvalue weighted by Gasteiger charge is 2.18. The smallest absolute Gasteiger partial charge is 0.272 e. The Balaban J connectivity index is 2.13. The number of fused-ring (bicyclic) bond motifs is 1. The number of hydrogen-bond acceptors (Lipinski definition) is 4. The largest absolute Gasteiger partial charge is 0.359 e. The highest BCUT2D eigenvalue weighted by molar-refractivity contribution is 5.66. The molecule has 0 bridgehead atoms. The van der Waals surface area contributed by atoms with E-state index in [9.17, 15) is 4.79 Å². The van der Waals surface area contributed by atoms with Crippen LogP contribution in [0.15, 0.2) is 23.1 Å². The molecule has 3 rings (SSSR count). The first-order valence-electron chi connectivity index (χ1n) is 5.92. The number of likely N-dealkylation sites (N-methyl/N-ethyl adjacent to an activating group) is 1. The van der Waals surface area contributed by atoms with Crippen LogP contribution < -0.4 is 10.5 Å². The molecule has 3 heterocycles. The van der Waals surface area contributed by atoms with E-state index in [2.05, 4.69) is 26.1 Å². The van der Waals surface area contributed by atoms with E-state index in [4.69, 9.17) is 0 Å². The Morgan fingerprint density at radius 1 is 1.39 bits per heavy atom. The van der Waals surface area contributed by atoms with Crippen molar-refractivity contribution in [3.05, 3.63) is 39.9 Å². The quantitative estimate of drug-likeness (QED) is 0.814. The number of aromatic nitrogens is 3. The molecule has 1 N–H and O–H groups in total. The summed E-state index contributed by atoms with van der Waals surface area (Å²) in [6, 6.07) is 3.84. The predicted molar refractivity (Wildman–Crippen MR) is 69.8 cm³/mol. The SMILES string of the molecule is Cc1cc(-c2cnc3c(c2)CCN3C)c(=O)[nH]n1. The second-order valence-electron chi connectivity index (χ2n) is 4.63. The van der Waals surface area contributed by atoms with E-state index >= 15 is 0 Å². The van der Waals surface area contributed by atoms with Gasteiger partial charge in [0.15, 0.2) is 0 Å². The van der Waals surface area contributed by atoms with Gasteiger partial charge in [0.25, 0.3) is 5.56 Å². The van der Waals surface area contributed by atoms with Gasteiger partial charge in [-0.1, -0.05) is 0 Å². The summed E-state index contributed by atoms with van der Waals surface area (Å²) in [4.78, 5) is 18.3. The van der Waals surface area contributed by atoms with Crippen molar-refractivity contribution in [3.63, 3.8) is 0 Å². The lowest BCUT2D eigenvalue weighted by Gasteiger charge is -2.10. The van der Waals surface area contributed by atoms with Crippen LogP contribution in [-0.4, -0.2) is 28.8 Å². The van der Waals surface area contributed by atoms with Gasteiger partial charge in [-0.25, -0.2) is 10.1 Å². The number of H-pyrrole nitrogens is 1. The maximum Gasteiger partial charge on any atom is 0.272 e. The number of pyridine rings is 1. The third-order valence-corrected chi connectivity index (χ3v) is 3.26. The molecule has 18 heavy (non-hydrogen) atoms. The first kappa shape index (κ1) is 11.0. The Labute approximate surface area is 104 Å². The summed E-state index contributed by atoms with van der Waals surface area (Å²) < 4.78 is 0. The number of aromatic amines is 1. The number of rotatable bonds is 1. The summed E-state index contributed by atoms with van der Waals surface area (Å²) in [5.74, 6) is 1.01. The molecule has 92 valence electrons. The zero-order chi connectivity index (χ0) is 12.7. The Kier molecular flexibility index (Phi) is 2.40. The molecule has 2 aromatic rings. The van der Waals surface area contributed by atoms with Crippen LogP contribution in [0.5, 0.6) is 0 Å². The molecular weight excluding hydrogens is 228 g/mol. The topological polar surface area (TPSA) is 61.9 Å². The van der Waals surface area contributed by atoms with E-state index in [-0.39, 0.29) is 5.56 Å². The lowest BCUT2D eigenvalue weighted by atomic mass is 10.1. The molecule has 0 saturated heterocycles. The molecule has 0 aromatic carbocycles. The number of nitrogens with zero attached hydrogens (tertiary/aromatic N) is 3. The number of nitrogens with one attached hydrogen (secondary N) is 1. The minimum Gasteiger partial charge on any atom is -0.359 e. The Hall–Kier alpha value is -2.17. The van der Waals surface area contributed by atoms with Crippen LogP contribution >= 0.6 is 0 Å². The summed E-state index contributed by atoms with van der Waals surface area (Å²) in [5.41, 5.74) is 3.31. The highest BCUT2D eigenvalue weighted by atomic mass is 16.1. The second kappa shape index (κ2) is 3.94. The van der Waals surface area contributed by atoms with Crippen molar-refractivity contribution in [1.29, 1.82) is 0 Å². The van der Waals surface area contributed by atoms with Gasteiger partial charge in [0.2, 0.25) is 0 Å². The fourth-order valence-corrected chi connectivity index (χ4v) is 2.29. The summed E-state index contributed by atoms with van der Waals surface area (Å²) in [6.45, 7) is 2.84. The lowest BCUT2D eigenvalue weighted by molar-refractivity contribution is 0.945. The molecule has 0 radical (unpaired) electrons. The van der Waals surface area contributed by atoms with Crippen LogP contribution in [0.25, 0.3) is 11.1 Å². The summed E-state index contributed by atoms with van der Waals surface area (Å²) in [5, 5.41) is 6.38. The van der Waals surface area contributed by atoms with E-state index in [0.29, 0.717) is 5.56 Å². The number of aryl methyl sites for hydroxylation is 1. The molecule has 0 aliphatic carbocycles. The summed E-state index contributed by atoms with van der Waals surface area (Å²) >= 11 is 0. The monoisotopic (exact) mass is 242 g/mol. The standard InChI is InChI=1S/C13H14N4O/c1-8-5-11(13(18)16-15-8)10-6-9-3-4-17(2)12(9)14-7-10/h5-7H,3-4H2,1-2H3,(H,16,18).